The van der Waals surface area contributed by atoms with Crippen molar-refractivity contribution in [1.82, 2.24) is 0 Å². The summed E-state index contributed by atoms with van der Waals surface area (Å²) in [6, 6.07) is 7.76. The summed E-state index contributed by atoms with van der Waals surface area (Å²) in [4.78, 5) is 12.4. The SMILES string of the molecule is Cc1ccc(F)cc1NC(=O)CCSc1ccc(F)c(F)c1. The monoisotopic (exact) mass is 325 g/mol. The maximum Gasteiger partial charge on any atom is 0.225 e. The van der Waals surface area contributed by atoms with Crippen LogP contribution >= 0.6 is 11.8 Å². The van der Waals surface area contributed by atoms with Gasteiger partial charge in [-0.05, 0) is 42.8 Å². The average molecular weight is 325 g/mol. The van der Waals surface area contributed by atoms with Crippen molar-refractivity contribution in [1.29, 1.82) is 0 Å². The van der Waals surface area contributed by atoms with Crippen LogP contribution in [0, 0.1) is 24.4 Å². The van der Waals surface area contributed by atoms with Crippen LogP contribution in [-0.4, -0.2) is 11.7 Å². The quantitative estimate of drug-likeness (QED) is 0.818. The van der Waals surface area contributed by atoms with E-state index in [-0.39, 0.29) is 12.3 Å². The molecule has 0 aliphatic carbocycles. The highest BCUT2D eigenvalue weighted by atomic mass is 32.2. The third kappa shape index (κ3) is 4.53. The minimum absolute atomic E-state index is 0.180. The first kappa shape index (κ1) is 16.4. The topological polar surface area (TPSA) is 29.1 Å². The van der Waals surface area contributed by atoms with Crippen LogP contribution in [0.1, 0.15) is 12.0 Å². The Labute approximate surface area is 130 Å². The van der Waals surface area contributed by atoms with Gasteiger partial charge < -0.3 is 5.32 Å². The highest BCUT2D eigenvalue weighted by Crippen LogP contribution is 2.22. The minimum Gasteiger partial charge on any atom is -0.326 e. The van der Waals surface area contributed by atoms with Gasteiger partial charge in [0.1, 0.15) is 5.82 Å². The van der Waals surface area contributed by atoms with E-state index in [0.717, 1.165) is 17.7 Å². The number of nitrogens with one attached hydrogen (secondary N) is 1. The minimum atomic E-state index is -0.912. The fourth-order valence-corrected chi connectivity index (χ4v) is 2.64. The van der Waals surface area contributed by atoms with Gasteiger partial charge in [0, 0.05) is 22.8 Å². The molecule has 0 spiro atoms. The summed E-state index contributed by atoms with van der Waals surface area (Å²) in [5.74, 6) is -2.08. The number of benzene rings is 2. The molecule has 1 amide bonds. The van der Waals surface area contributed by atoms with E-state index < -0.39 is 17.5 Å². The Morgan fingerprint density at radius 1 is 1.09 bits per heavy atom. The van der Waals surface area contributed by atoms with Crippen molar-refractivity contribution < 1.29 is 18.0 Å². The second-order valence-corrected chi connectivity index (χ2v) is 5.85. The third-order valence-electron chi connectivity index (χ3n) is 2.96. The van der Waals surface area contributed by atoms with Crippen molar-refractivity contribution in [3.05, 3.63) is 59.4 Å². The molecule has 0 fully saturated rings. The lowest BCUT2D eigenvalue weighted by Gasteiger charge is -2.08. The van der Waals surface area contributed by atoms with E-state index in [1.165, 1.54) is 30.0 Å². The molecule has 2 nitrogen and oxygen atoms in total. The molecule has 0 aliphatic rings. The van der Waals surface area contributed by atoms with Crippen LogP contribution in [0.3, 0.4) is 0 Å². The van der Waals surface area contributed by atoms with Gasteiger partial charge in [-0.2, -0.15) is 0 Å². The smallest absolute Gasteiger partial charge is 0.225 e. The number of hydrogen-bond donors (Lipinski definition) is 1. The number of halogens is 3. The summed E-state index contributed by atoms with van der Waals surface area (Å²) in [5.41, 5.74) is 1.20. The summed E-state index contributed by atoms with van der Waals surface area (Å²) in [6.07, 6.45) is 0.180. The Balaban J connectivity index is 1.85. The molecule has 0 heterocycles. The van der Waals surface area contributed by atoms with Crippen LogP contribution in [0.2, 0.25) is 0 Å². The lowest BCUT2D eigenvalue weighted by atomic mass is 10.2. The van der Waals surface area contributed by atoms with Crippen LogP contribution in [0.4, 0.5) is 18.9 Å². The van der Waals surface area contributed by atoms with E-state index in [2.05, 4.69) is 5.32 Å². The second-order valence-electron chi connectivity index (χ2n) is 4.68. The number of amides is 1. The fraction of sp³-hybridized carbons (Fsp3) is 0.188. The number of thioether (sulfide) groups is 1. The Morgan fingerprint density at radius 3 is 2.59 bits per heavy atom. The van der Waals surface area contributed by atoms with E-state index in [0.29, 0.717) is 16.3 Å². The first-order valence-corrected chi connectivity index (χ1v) is 7.58. The fourth-order valence-electron chi connectivity index (χ4n) is 1.77. The van der Waals surface area contributed by atoms with Gasteiger partial charge in [0.2, 0.25) is 5.91 Å². The number of rotatable bonds is 5. The predicted octanol–water partition coefficient (Wildman–Crippen LogP) is 4.53. The van der Waals surface area contributed by atoms with E-state index >= 15 is 0 Å². The standard InChI is InChI=1S/C16H14F3NOS/c1-10-2-3-11(17)8-15(10)20-16(21)6-7-22-12-4-5-13(18)14(19)9-12/h2-5,8-9H,6-7H2,1H3,(H,20,21). The zero-order valence-electron chi connectivity index (χ0n) is 11.8. The summed E-state index contributed by atoms with van der Waals surface area (Å²) in [7, 11) is 0. The van der Waals surface area contributed by atoms with Crippen molar-refractivity contribution in [2.24, 2.45) is 0 Å². The van der Waals surface area contributed by atoms with Crippen molar-refractivity contribution in [2.45, 2.75) is 18.2 Å². The van der Waals surface area contributed by atoms with E-state index in [1.807, 2.05) is 0 Å². The van der Waals surface area contributed by atoms with Crippen molar-refractivity contribution in [2.75, 3.05) is 11.1 Å². The molecule has 0 radical (unpaired) electrons. The van der Waals surface area contributed by atoms with Crippen molar-refractivity contribution >= 4 is 23.4 Å². The molecule has 6 heteroatoms. The molecule has 2 aromatic rings. The second kappa shape index (κ2) is 7.35. The van der Waals surface area contributed by atoms with E-state index in [1.54, 1.807) is 13.0 Å². The van der Waals surface area contributed by atoms with Crippen LogP contribution in [0.15, 0.2) is 41.3 Å². The molecule has 1 N–H and O–H groups in total. The molecular formula is C16H14F3NOS. The van der Waals surface area contributed by atoms with Crippen LogP contribution < -0.4 is 5.32 Å². The average Bonchev–Trinajstić information content (AvgIpc) is 2.47. The molecule has 22 heavy (non-hydrogen) atoms. The highest BCUT2D eigenvalue weighted by Gasteiger charge is 2.07. The summed E-state index contributed by atoms with van der Waals surface area (Å²) in [5, 5.41) is 2.63. The van der Waals surface area contributed by atoms with Gasteiger partial charge in [0.05, 0.1) is 0 Å². The maximum atomic E-state index is 13.1. The molecule has 0 bridgehead atoms. The van der Waals surface area contributed by atoms with Gasteiger partial charge in [0.25, 0.3) is 0 Å². The molecule has 0 unspecified atom stereocenters. The molecule has 0 atom stereocenters. The summed E-state index contributed by atoms with van der Waals surface area (Å²) >= 11 is 1.25. The first-order valence-electron chi connectivity index (χ1n) is 6.59. The molecule has 0 saturated heterocycles. The Bertz CT molecular complexity index is 691. The number of hydrogen-bond acceptors (Lipinski definition) is 2. The van der Waals surface area contributed by atoms with Crippen molar-refractivity contribution in [3.63, 3.8) is 0 Å². The van der Waals surface area contributed by atoms with Gasteiger partial charge in [0.15, 0.2) is 11.6 Å². The molecule has 116 valence electrons. The van der Waals surface area contributed by atoms with Crippen LogP contribution in [-0.2, 0) is 4.79 Å². The van der Waals surface area contributed by atoms with Gasteiger partial charge in [-0.3, -0.25) is 4.79 Å². The van der Waals surface area contributed by atoms with Crippen LogP contribution in [0.25, 0.3) is 0 Å². The molecular weight excluding hydrogens is 311 g/mol. The third-order valence-corrected chi connectivity index (χ3v) is 3.96. The lowest BCUT2D eigenvalue weighted by molar-refractivity contribution is -0.115. The predicted molar refractivity (Wildman–Crippen MR) is 81.5 cm³/mol. The van der Waals surface area contributed by atoms with Gasteiger partial charge in [-0.15, -0.1) is 11.8 Å². The highest BCUT2D eigenvalue weighted by molar-refractivity contribution is 7.99. The zero-order valence-corrected chi connectivity index (χ0v) is 12.6. The maximum absolute atomic E-state index is 13.1. The van der Waals surface area contributed by atoms with Gasteiger partial charge >= 0.3 is 0 Å². The van der Waals surface area contributed by atoms with Gasteiger partial charge in [-0.1, -0.05) is 6.07 Å². The largest absolute Gasteiger partial charge is 0.326 e. The van der Waals surface area contributed by atoms with Crippen molar-refractivity contribution in [3.8, 4) is 0 Å². The van der Waals surface area contributed by atoms with Gasteiger partial charge in [-0.25, -0.2) is 13.2 Å². The Hall–Kier alpha value is -1.95. The Morgan fingerprint density at radius 2 is 1.86 bits per heavy atom. The van der Waals surface area contributed by atoms with Crippen LogP contribution in [0.5, 0.6) is 0 Å². The number of carbonyl (C=O) groups is 1. The molecule has 0 aliphatic heterocycles. The molecule has 0 saturated carbocycles. The van der Waals surface area contributed by atoms with E-state index in [9.17, 15) is 18.0 Å². The first-order chi connectivity index (χ1) is 10.5. The summed E-state index contributed by atoms with van der Waals surface area (Å²) in [6.45, 7) is 1.77. The number of carbonyl (C=O) groups excluding carboxylic acids is 1. The molecule has 2 aromatic carbocycles. The number of aryl methyl sites for hydroxylation is 1. The molecule has 0 aromatic heterocycles. The number of anilines is 1. The molecule has 2 rings (SSSR count). The van der Waals surface area contributed by atoms with E-state index in [4.69, 9.17) is 0 Å². The summed E-state index contributed by atoms with van der Waals surface area (Å²) < 4.78 is 38.9. The Kier molecular flexibility index (Phi) is 5.49. The normalized spacial score (nSPS) is 10.5. The zero-order chi connectivity index (χ0) is 16.1. The lowest BCUT2D eigenvalue weighted by Crippen LogP contribution is -2.13.